The van der Waals surface area contributed by atoms with Crippen molar-refractivity contribution in [2.75, 3.05) is 32.7 Å². The van der Waals surface area contributed by atoms with E-state index in [1.807, 2.05) is 38.7 Å². The van der Waals surface area contributed by atoms with Gasteiger partial charge in [-0.05, 0) is 26.0 Å². The molecule has 0 aliphatic heterocycles. The summed E-state index contributed by atoms with van der Waals surface area (Å²) in [5, 5.41) is 0. The largest absolute Gasteiger partial charge is 0.370 e. The van der Waals surface area contributed by atoms with Crippen molar-refractivity contribution in [2.24, 2.45) is 10.7 Å². The molecule has 1 aromatic heterocycles. The fourth-order valence-electron chi connectivity index (χ4n) is 2.25. The molecule has 0 saturated carbocycles. The van der Waals surface area contributed by atoms with Gasteiger partial charge in [0, 0.05) is 44.0 Å². The summed E-state index contributed by atoms with van der Waals surface area (Å²) in [6.45, 7) is 11.0. The maximum Gasteiger partial charge on any atom is 0.252 e. The van der Waals surface area contributed by atoms with Gasteiger partial charge >= 0.3 is 0 Å². The highest BCUT2D eigenvalue weighted by atomic mass is 127. The van der Waals surface area contributed by atoms with Gasteiger partial charge < -0.3 is 10.6 Å². The van der Waals surface area contributed by atoms with E-state index in [1.54, 1.807) is 6.07 Å². The van der Waals surface area contributed by atoms with E-state index in [0.717, 1.165) is 18.0 Å². The zero-order valence-corrected chi connectivity index (χ0v) is 18.8. The Morgan fingerprint density at radius 3 is 2.21 bits per heavy atom. The number of nitrogens with two attached hydrogens (primary N) is 1. The minimum Gasteiger partial charge on any atom is -0.370 e. The second kappa shape index (κ2) is 11.3. The lowest BCUT2D eigenvalue weighted by atomic mass is 10.3. The van der Waals surface area contributed by atoms with Crippen molar-refractivity contribution in [3.8, 4) is 0 Å². The van der Waals surface area contributed by atoms with Crippen molar-refractivity contribution in [3.63, 3.8) is 0 Å². The summed E-state index contributed by atoms with van der Waals surface area (Å²) < 4.78 is 26.7. The van der Waals surface area contributed by atoms with Gasteiger partial charge in [0.2, 0.25) is 0 Å². The molecule has 9 heteroatoms. The molecule has 1 heterocycles. The lowest BCUT2D eigenvalue weighted by Crippen LogP contribution is -2.37. The topological polar surface area (TPSA) is 79.0 Å². The van der Waals surface area contributed by atoms with Crippen LogP contribution in [0, 0.1) is 0 Å². The molecule has 0 atom stereocenters. The SMILES string of the molecule is CCN(CC)C(N)=NCCc1ccc(S(=O)(=O)N(CC)CC)s1.I. The van der Waals surface area contributed by atoms with E-state index in [0.29, 0.717) is 36.2 Å². The highest BCUT2D eigenvalue weighted by Crippen LogP contribution is 2.25. The lowest BCUT2D eigenvalue weighted by Gasteiger charge is -2.19. The molecule has 0 amide bonds. The number of hydrogen-bond acceptors (Lipinski definition) is 4. The Labute approximate surface area is 167 Å². The standard InChI is InChI=1S/C15H28N4O2S2.HI/c1-5-18(6-2)15(16)17-12-11-13-9-10-14(22-13)23(20,21)19(7-3)8-4;/h9-10H,5-8,11-12H2,1-4H3,(H2,16,17);1H. The van der Waals surface area contributed by atoms with Crippen molar-refractivity contribution < 1.29 is 8.42 Å². The Bertz CT molecular complexity index is 609. The number of sulfonamides is 1. The minimum absolute atomic E-state index is 0. The molecule has 0 fully saturated rings. The quantitative estimate of drug-likeness (QED) is 0.329. The number of nitrogens with zero attached hydrogens (tertiary/aromatic N) is 3. The summed E-state index contributed by atoms with van der Waals surface area (Å²) >= 11 is 1.32. The lowest BCUT2D eigenvalue weighted by molar-refractivity contribution is 0.447. The van der Waals surface area contributed by atoms with Gasteiger partial charge in [-0.1, -0.05) is 13.8 Å². The first-order valence-corrected chi connectivity index (χ1v) is 10.3. The van der Waals surface area contributed by atoms with Gasteiger partial charge in [-0.25, -0.2) is 8.42 Å². The maximum absolute atomic E-state index is 12.4. The van der Waals surface area contributed by atoms with Crippen molar-refractivity contribution >= 4 is 51.3 Å². The molecule has 0 bridgehead atoms. The molecule has 0 aromatic carbocycles. The van der Waals surface area contributed by atoms with Crippen LogP contribution in [0.25, 0.3) is 0 Å². The monoisotopic (exact) mass is 488 g/mol. The predicted molar refractivity (Wildman–Crippen MR) is 113 cm³/mol. The third-order valence-electron chi connectivity index (χ3n) is 3.66. The molecule has 0 saturated heterocycles. The van der Waals surface area contributed by atoms with Gasteiger partial charge in [-0.3, -0.25) is 4.99 Å². The van der Waals surface area contributed by atoms with E-state index in [-0.39, 0.29) is 24.0 Å². The molecule has 0 spiro atoms. The van der Waals surface area contributed by atoms with Gasteiger partial charge in [0.1, 0.15) is 4.21 Å². The minimum atomic E-state index is -3.36. The van der Waals surface area contributed by atoms with E-state index in [9.17, 15) is 8.42 Å². The van der Waals surface area contributed by atoms with Gasteiger partial charge in [-0.15, -0.1) is 35.3 Å². The molecule has 0 aliphatic rings. The number of thiophene rings is 1. The predicted octanol–water partition coefficient (Wildman–Crippen LogP) is 2.60. The molecule has 1 aromatic rings. The van der Waals surface area contributed by atoms with Gasteiger partial charge in [0.05, 0.1) is 0 Å². The summed E-state index contributed by atoms with van der Waals surface area (Å²) in [5.41, 5.74) is 5.93. The normalized spacial score (nSPS) is 12.3. The third-order valence-corrected chi connectivity index (χ3v) is 7.32. The Morgan fingerprint density at radius 1 is 1.12 bits per heavy atom. The second-order valence-electron chi connectivity index (χ2n) is 4.97. The van der Waals surface area contributed by atoms with Gasteiger partial charge in [-0.2, -0.15) is 4.31 Å². The summed E-state index contributed by atoms with van der Waals surface area (Å²) in [7, 11) is -3.36. The maximum atomic E-state index is 12.4. The number of hydrogen-bond donors (Lipinski definition) is 1. The van der Waals surface area contributed by atoms with Gasteiger partial charge in [0.25, 0.3) is 10.0 Å². The molecule has 2 N–H and O–H groups in total. The third kappa shape index (κ3) is 6.16. The van der Waals surface area contributed by atoms with Crippen molar-refractivity contribution in [1.29, 1.82) is 0 Å². The molecular formula is C15H29IN4O2S2. The Hall–Kier alpha value is -0.390. The highest BCUT2D eigenvalue weighted by molar-refractivity contribution is 14.0. The molecular weight excluding hydrogens is 459 g/mol. The average Bonchev–Trinajstić information content (AvgIpc) is 2.99. The van der Waals surface area contributed by atoms with Crippen LogP contribution in [0.15, 0.2) is 21.3 Å². The fraction of sp³-hybridized carbons (Fsp3) is 0.667. The van der Waals surface area contributed by atoms with E-state index in [2.05, 4.69) is 4.99 Å². The molecule has 6 nitrogen and oxygen atoms in total. The van der Waals surface area contributed by atoms with Crippen LogP contribution in [0.2, 0.25) is 0 Å². The summed E-state index contributed by atoms with van der Waals surface area (Å²) in [4.78, 5) is 7.36. The van der Waals surface area contributed by atoms with Crippen LogP contribution in [0.4, 0.5) is 0 Å². The number of aliphatic imine (C=N–C) groups is 1. The molecule has 1 rings (SSSR count). The van der Waals surface area contributed by atoms with Crippen molar-refractivity contribution in [2.45, 2.75) is 38.3 Å². The molecule has 0 unspecified atom stereocenters. The van der Waals surface area contributed by atoms with Crippen molar-refractivity contribution in [1.82, 2.24) is 9.21 Å². The van der Waals surface area contributed by atoms with Gasteiger partial charge in [0.15, 0.2) is 5.96 Å². The summed E-state index contributed by atoms with van der Waals surface area (Å²) in [6, 6.07) is 3.55. The van der Waals surface area contributed by atoms with Crippen molar-refractivity contribution in [3.05, 3.63) is 17.0 Å². The van der Waals surface area contributed by atoms with Crippen LogP contribution in [0.5, 0.6) is 0 Å². The van der Waals surface area contributed by atoms with E-state index in [4.69, 9.17) is 5.73 Å². The first-order chi connectivity index (χ1) is 10.9. The highest BCUT2D eigenvalue weighted by Gasteiger charge is 2.23. The second-order valence-corrected chi connectivity index (χ2v) is 8.31. The first-order valence-electron chi connectivity index (χ1n) is 8.04. The van der Waals surface area contributed by atoms with E-state index >= 15 is 0 Å². The number of guanidine groups is 1. The molecule has 24 heavy (non-hydrogen) atoms. The Kier molecular flexibility index (Phi) is 11.1. The van der Waals surface area contributed by atoms with E-state index in [1.165, 1.54) is 15.6 Å². The zero-order chi connectivity index (χ0) is 17.5. The fourth-order valence-corrected chi connectivity index (χ4v) is 5.21. The van der Waals surface area contributed by atoms with Crippen LogP contribution in [-0.4, -0.2) is 56.3 Å². The zero-order valence-electron chi connectivity index (χ0n) is 14.9. The summed E-state index contributed by atoms with van der Waals surface area (Å²) in [6.07, 6.45) is 0.695. The van der Waals surface area contributed by atoms with Crippen LogP contribution in [-0.2, 0) is 16.4 Å². The van der Waals surface area contributed by atoms with Crippen LogP contribution in [0.3, 0.4) is 0 Å². The molecule has 140 valence electrons. The number of rotatable bonds is 9. The Balaban J connectivity index is 0.00000529. The average molecular weight is 488 g/mol. The smallest absolute Gasteiger partial charge is 0.252 e. The number of halogens is 1. The Morgan fingerprint density at radius 2 is 1.71 bits per heavy atom. The first kappa shape index (κ1) is 23.6. The van der Waals surface area contributed by atoms with Crippen LogP contribution >= 0.6 is 35.3 Å². The summed E-state index contributed by atoms with van der Waals surface area (Å²) in [5.74, 6) is 0.544. The van der Waals surface area contributed by atoms with Crippen LogP contribution in [0.1, 0.15) is 32.6 Å². The van der Waals surface area contributed by atoms with Crippen LogP contribution < -0.4 is 5.73 Å². The molecule has 0 aliphatic carbocycles. The molecule has 0 radical (unpaired) electrons. The van der Waals surface area contributed by atoms with E-state index < -0.39 is 10.0 Å².